The van der Waals surface area contributed by atoms with E-state index < -0.39 is 0 Å². The Kier molecular flexibility index (Phi) is 4.55. The molecular weight excluding hydrogens is 324 g/mol. The van der Waals surface area contributed by atoms with Gasteiger partial charge in [0.25, 0.3) is 5.91 Å². The quantitative estimate of drug-likeness (QED) is 0.846. The average Bonchev–Trinajstić information content (AvgIpc) is 3.06. The molecule has 1 amide bonds. The Hall–Kier alpha value is -3.10. The standard InChI is InChI=1S/C16H20N6O3/c1-21(2)15-18-13(19-16(20-15)22(3)4)8-17-14(23)10-5-6-11-12(7-10)25-9-24-11/h5-7H,8-9H2,1-4H3,(H,17,23). The van der Waals surface area contributed by atoms with Crippen LogP contribution in [0, 0.1) is 0 Å². The lowest BCUT2D eigenvalue weighted by atomic mass is 10.2. The summed E-state index contributed by atoms with van der Waals surface area (Å²) in [4.78, 5) is 29.0. The van der Waals surface area contributed by atoms with E-state index in [1.807, 2.05) is 28.2 Å². The molecule has 0 atom stereocenters. The number of nitrogens with one attached hydrogen (secondary N) is 1. The molecule has 1 aliphatic rings. The second kappa shape index (κ2) is 6.80. The predicted molar refractivity (Wildman–Crippen MR) is 92.2 cm³/mol. The third-order valence-corrected chi connectivity index (χ3v) is 3.50. The molecule has 0 fully saturated rings. The highest BCUT2D eigenvalue weighted by Gasteiger charge is 2.17. The number of rotatable bonds is 5. The maximum Gasteiger partial charge on any atom is 0.251 e. The molecule has 0 bridgehead atoms. The molecule has 1 N–H and O–H groups in total. The van der Waals surface area contributed by atoms with Crippen LogP contribution in [0.15, 0.2) is 18.2 Å². The molecular formula is C16H20N6O3. The first-order valence-corrected chi connectivity index (χ1v) is 7.71. The summed E-state index contributed by atoms with van der Waals surface area (Å²) in [5, 5.41) is 2.81. The molecule has 0 aliphatic carbocycles. The number of carbonyl (C=O) groups excluding carboxylic acids is 1. The van der Waals surface area contributed by atoms with Crippen molar-refractivity contribution in [3.8, 4) is 11.5 Å². The highest BCUT2D eigenvalue weighted by atomic mass is 16.7. The molecule has 9 nitrogen and oxygen atoms in total. The van der Waals surface area contributed by atoms with Gasteiger partial charge in [-0.05, 0) is 18.2 Å². The molecule has 0 unspecified atom stereocenters. The Morgan fingerprint density at radius 1 is 1.04 bits per heavy atom. The van der Waals surface area contributed by atoms with Crippen molar-refractivity contribution >= 4 is 17.8 Å². The summed E-state index contributed by atoms with van der Waals surface area (Å²) in [5.74, 6) is 2.52. The zero-order chi connectivity index (χ0) is 18.0. The van der Waals surface area contributed by atoms with E-state index in [-0.39, 0.29) is 19.2 Å². The van der Waals surface area contributed by atoms with Crippen molar-refractivity contribution in [1.29, 1.82) is 0 Å². The van der Waals surface area contributed by atoms with Gasteiger partial charge in [-0.15, -0.1) is 0 Å². The molecule has 2 aromatic rings. The monoisotopic (exact) mass is 344 g/mol. The van der Waals surface area contributed by atoms with Gasteiger partial charge in [-0.1, -0.05) is 0 Å². The highest BCUT2D eigenvalue weighted by molar-refractivity contribution is 5.94. The van der Waals surface area contributed by atoms with Crippen LogP contribution < -0.4 is 24.6 Å². The van der Waals surface area contributed by atoms with Gasteiger partial charge in [0.2, 0.25) is 18.7 Å². The summed E-state index contributed by atoms with van der Waals surface area (Å²) in [7, 11) is 7.40. The van der Waals surface area contributed by atoms with Crippen LogP contribution in [0.2, 0.25) is 0 Å². The minimum Gasteiger partial charge on any atom is -0.454 e. The molecule has 25 heavy (non-hydrogen) atoms. The third-order valence-electron chi connectivity index (χ3n) is 3.50. The summed E-state index contributed by atoms with van der Waals surface area (Å²) >= 11 is 0. The fourth-order valence-electron chi connectivity index (χ4n) is 2.17. The Morgan fingerprint density at radius 2 is 1.68 bits per heavy atom. The van der Waals surface area contributed by atoms with Gasteiger partial charge in [0.05, 0.1) is 6.54 Å². The third kappa shape index (κ3) is 3.70. The van der Waals surface area contributed by atoms with E-state index in [0.29, 0.717) is 34.8 Å². The molecule has 0 saturated carbocycles. The summed E-state index contributed by atoms with van der Waals surface area (Å²) in [5.41, 5.74) is 0.485. The van der Waals surface area contributed by atoms with Crippen LogP contribution in [0.4, 0.5) is 11.9 Å². The number of amides is 1. The first-order chi connectivity index (χ1) is 11.9. The van der Waals surface area contributed by atoms with E-state index in [0.717, 1.165) is 0 Å². The highest BCUT2D eigenvalue weighted by Crippen LogP contribution is 2.32. The topological polar surface area (TPSA) is 92.7 Å². The van der Waals surface area contributed by atoms with Crippen LogP contribution in [0.3, 0.4) is 0 Å². The number of anilines is 2. The number of carbonyl (C=O) groups is 1. The predicted octanol–water partition coefficient (Wildman–Crippen LogP) is 0.662. The summed E-state index contributed by atoms with van der Waals surface area (Å²) in [6.45, 7) is 0.364. The van der Waals surface area contributed by atoms with Gasteiger partial charge in [-0.2, -0.15) is 15.0 Å². The van der Waals surface area contributed by atoms with Crippen LogP contribution in [0.25, 0.3) is 0 Å². The first kappa shape index (κ1) is 16.7. The lowest BCUT2D eigenvalue weighted by Gasteiger charge is -2.16. The lowest BCUT2D eigenvalue weighted by Crippen LogP contribution is -2.26. The molecule has 1 aromatic heterocycles. The maximum absolute atomic E-state index is 12.4. The summed E-state index contributed by atoms with van der Waals surface area (Å²) in [6, 6.07) is 5.06. The lowest BCUT2D eigenvalue weighted by molar-refractivity contribution is 0.0949. The van der Waals surface area contributed by atoms with Crippen LogP contribution in [0.5, 0.6) is 11.5 Å². The van der Waals surface area contributed by atoms with E-state index in [1.165, 1.54) is 0 Å². The second-order valence-electron chi connectivity index (χ2n) is 5.89. The molecule has 2 heterocycles. The Morgan fingerprint density at radius 3 is 2.32 bits per heavy atom. The molecule has 132 valence electrons. The zero-order valence-electron chi connectivity index (χ0n) is 14.6. The van der Waals surface area contributed by atoms with Gasteiger partial charge in [-0.3, -0.25) is 4.79 Å². The van der Waals surface area contributed by atoms with E-state index in [9.17, 15) is 4.79 Å². The van der Waals surface area contributed by atoms with Gasteiger partial charge in [0.1, 0.15) is 0 Å². The van der Waals surface area contributed by atoms with Crippen molar-refractivity contribution in [3.05, 3.63) is 29.6 Å². The average molecular weight is 344 g/mol. The molecule has 9 heteroatoms. The van der Waals surface area contributed by atoms with Crippen LogP contribution in [0.1, 0.15) is 16.2 Å². The van der Waals surface area contributed by atoms with Crippen molar-refractivity contribution in [1.82, 2.24) is 20.3 Å². The molecule has 0 radical (unpaired) electrons. The number of benzene rings is 1. The smallest absolute Gasteiger partial charge is 0.251 e. The Labute approximate surface area is 145 Å². The second-order valence-corrected chi connectivity index (χ2v) is 5.89. The van der Waals surface area contributed by atoms with E-state index in [2.05, 4.69) is 20.3 Å². The summed E-state index contributed by atoms with van der Waals surface area (Å²) in [6.07, 6.45) is 0. The minimum atomic E-state index is -0.239. The van der Waals surface area contributed by atoms with Gasteiger partial charge in [0, 0.05) is 33.8 Å². The van der Waals surface area contributed by atoms with Crippen molar-refractivity contribution in [3.63, 3.8) is 0 Å². The molecule has 0 spiro atoms. The number of fused-ring (bicyclic) bond motifs is 1. The number of hydrogen-bond donors (Lipinski definition) is 1. The largest absolute Gasteiger partial charge is 0.454 e. The Balaban J connectivity index is 1.73. The van der Waals surface area contributed by atoms with Gasteiger partial charge >= 0.3 is 0 Å². The van der Waals surface area contributed by atoms with Crippen LogP contribution >= 0.6 is 0 Å². The fraction of sp³-hybridized carbons (Fsp3) is 0.375. The van der Waals surface area contributed by atoms with Crippen molar-refractivity contribution in [2.45, 2.75) is 6.54 Å². The fourth-order valence-corrected chi connectivity index (χ4v) is 2.17. The maximum atomic E-state index is 12.4. The number of hydrogen-bond acceptors (Lipinski definition) is 8. The van der Waals surface area contributed by atoms with Crippen molar-refractivity contribution < 1.29 is 14.3 Å². The number of nitrogens with zero attached hydrogens (tertiary/aromatic N) is 5. The van der Waals surface area contributed by atoms with E-state index in [1.54, 1.807) is 28.0 Å². The van der Waals surface area contributed by atoms with E-state index in [4.69, 9.17) is 9.47 Å². The van der Waals surface area contributed by atoms with Crippen LogP contribution in [-0.4, -0.2) is 55.8 Å². The van der Waals surface area contributed by atoms with Crippen molar-refractivity contribution in [2.24, 2.45) is 0 Å². The zero-order valence-corrected chi connectivity index (χ0v) is 14.6. The van der Waals surface area contributed by atoms with Gasteiger partial charge < -0.3 is 24.6 Å². The molecule has 3 rings (SSSR count). The molecule has 1 aromatic carbocycles. The van der Waals surface area contributed by atoms with Crippen LogP contribution in [-0.2, 0) is 6.54 Å². The molecule has 0 saturated heterocycles. The summed E-state index contributed by atoms with van der Waals surface area (Å²) < 4.78 is 10.5. The van der Waals surface area contributed by atoms with E-state index >= 15 is 0 Å². The minimum absolute atomic E-state index is 0.173. The molecule has 1 aliphatic heterocycles. The number of ether oxygens (including phenoxy) is 2. The SMILES string of the molecule is CN(C)c1nc(CNC(=O)c2ccc3c(c2)OCO3)nc(N(C)C)n1. The van der Waals surface area contributed by atoms with Gasteiger partial charge in [0.15, 0.2) is 17.3 Å². The van der Waals surface area contributed by atoms with Gasteiger partial charge in [-0.25, -0.2) is 0 Å². The Bertz CT molecular complexity index is 767. The first-order valence-electron chi connectivity index (χ1n) is 7.71. The van der Waals surface area contributed by atoms with Crippen molar-refractivity contribution in [2.75, 3.05) is 44.8 Å². The number of aromatic nitrogens is 3. The normalized spacial score (nSPS) is 12.0.